The first-order valence-corrected chi connectivity index (χ1v) is 9.12. The summed E-state index contributed by atoms with van der Waals surface area (Å²) in [6.07, 6.45) is 5.22. The van der Waals surface area contributed by atoms with E-state index in [1.807, 2.05) is 35.2 Å². The summed E-state index contributed by atoms with van der Waals surface area (Å²) in [5.41, 5.74) is 3.11. The lowest BCUT2D eigenvalue weighted by molar-refractivity contribution is -0.123. The maximum absolute atomic E-state index is 12.9. The van der Waals surface area contributed by atoms with Gasteiger partial charge in [0, 0.05) is 37.1 Å². The lowest BCUT2D eigenvalue weighted by atomic mass is 9.96. The van der Waals surface area contributed by atoms with E-state index in [1.54, 1.807) is 30.2 Å². The number of amides is 1. The van der Waals surface area contributed by atoms with Gasteiger partial charge in [-0.15, -0.1) is 11.3 Å². The van der Waals surface area contributed by atoms with E-state index in [4.69, 9.17) is 4.42 Å². The Balaban J connectivity index is 1.51. The Kier molecular flexibility index (Phi) is 4.42. The van der Waals surface area contributed by atoms with E-state index < -0.39 is 0 Å². The van der Waals surface area contributed by atoms with Crippen molar-refractivity contribution in [1.29, 1.82) is 0 Å². The Morgan fingerprint density at radius 2 is 2.40 bits per heavy atom. The molecule has 4 rings (SSSR count). The molecule has 1 atom stereocenters. The summed E-state index contributed by atoms with van der Waals surface area (Å²) in [7, 11) is 1.96. The molecule has 0 saturated heterocycles. The molecular weight excluding hydrogens is 336 g/mol. The van der Waals surface area contributed by atoms with Crippen LogP contribution in [0.1, 0.15) is 27.7 Å². The maximum Gasteiger partial charge on any atom is 0.230 e. The van der Waals surface area contributed by atoms with Crippen molar-refractivity contribution in [3.63, 3.8) is 0 Å². The van der Waals surface area contributed by atoms with Crippen LogP contribution in [-0.2, 0) is 31.5 Å². The van der Waals surface area contributed by atoms with Gasteiger partial charge < -0.3 is 14.3 Å². The Morgan fingerprint density at radius 3 is 3.16 bits per heavy atom. The van der Waals surface area contributed by atoms with Crippen molar-refractivity contribution in [2.24, 2.45) is 7.05 Å². The molecule has 1 aliphatic rings. The summed E-state index contributed by atoms with van der Waals surface area (Å²) in [6.45, 7) is 2.74. The number of carbonyl (C=O) groups excluding carboxylic acids is 1. The van der Waals surface area contributed by atoms with Crippen LogP contribution in [0, 0.1) is 0 Å². The number of imidazole rings is 1. The summed E-state index contributed by atoms with van der Waals surface area (Å²) in [5.74, 6) is -0.168. The van der Waals surface area contributed by atoms with E-state index >= 15 is 0 Å². The molecule has 0 fully saturated rings. The molecule has 1 amide bonds. The Bertz CT molecular complexity index is 839. The van der Waals surface area contributed by atoms with Gasteiger partial charge >= 0.3 is 0 Å². The van der Waals surface area contributed by atoms with Gasteiger partial charge in [0.25, 0.3) is 0 Å². The van der Waals surface area contributed by atoms with E-state index in [0.717, 1.165) is 34.9 Å². The van der Waals surface area contributed by atoms with E-state index in [9.17, 15) is 4.79 Å². The number of fused-ring (bicyclic) bond motifs is 1. The van der Waals surface area contributed by atoms with E-state index in [1.165, 1.54) is 0 Å². The second-order valence-corrected chi connectivity index (χ2v) is 7.37. The smallest absolute Gasteiger partial charge is 0.230 e. The average molecular weight is 356 g/mol. The zero-order valence-corrected chi connectivity index (χ0v) is 14.8. The third-order valence-electron chi connectivity index (χ3n) is 4.53. The van der Waals surface area contributed by atoms with Crippen molar-refractivity contribution in [2.45, 2.75) is 25.6 Å². The van der Waals surface area contributed by atoms with E-state index in [-0.39, 0.29) is 11.8 Å². The standard InChI is InChI=1S/C18H20N4O2S/c1-21-12-20-16-10-22(8-13-4-5-24-11-13)9-15(17(16)21)18(23)19-7-14-3-2-6-25-14/h2-6,11-12,15H,7-10H2,1H3,(H,19,23)/t15-/m0/s1. The van der Waals surface area contributed by atoms with Crippen LogP contribution in [0.15, 0.2) is 46.8 Å². The normalized spacial score (nSPS) is 17.4. The number of rotatable bonds is 5. The van der Waals surface area contributed by atoms with Gasteiger partial charge in [-0.25, -0.2) is 4.98 Å². The van der Waals surface area contributed by atoms with Gasteiger partial charge in [0.15, 0.2) is 0 Å². The number of hydrogen-bond donors (Lipinski definition) is 1. The molecule has 6 nitrogen and oxygen atoms in total. The number of aryl methyl sites for hydroxylation is 1. The van der Waals surface area contributed by atoms with Crippen LogP contribution in [-0.4, -0.2) is 26.9 Å². The van der Waals surface area contributed by atoms with Gasteiger partial charge in [-0.05, 0) is 17.5 Å². The second kappa shape index (κ2) is 6.85. The molecule has 0 aromatic carbocycles. The van der Waals surface area contributed by atoms with Gasteiger partial charge in [0.1, 0.15) is 0 Å². The fourth-order valence-electron chi connectivity index (χ4n) is 3.36. The highest BCUT2D eigenvalue weighted by atomic mass is 32.1. The van der Waals surface area contributed by atoms with Crippen LogP contribution in [0.3, 0.4) is 0 Å². The van der Waals surface area contributed by atoms with Crippen LogP contribution in [0.5, 0.6) is 0 Å². The highest BCUT2D eigenvalue weighted by Crippen LogP contribution is 2.28. The van der Waals surface area contributed by atoms with Crippen LogP contribution in [0.2, 0.25) is 0 Å². The summed E-state index contributed by atoms with van der Waals surface area (Å²) in [6, 6.07) is 5.99. The Labute approximate surface area is 150 Å². The number of hydrogen-bond acceptors (Lipinski definition) is 5. The second-order valence-electron chi connectivity index (χ2n) is 6.34. The van der Waals surface area contributed by atoms with Crippen LogP contribution < -0.4 is 5.32 Å². The minimum absolute atomic E-state index is 0.0511. The molecule has 3 aromatic rings. The Morgan fingerprint density at radius 1 is 1.48 bits per heavy atom. The average Bonchev–Trinajstić information content (AvgIpc) is 3.35. The molecule has 0 radical (unpaired) electrons. The monoisotopic (exact) mass is 356 g/mol. The maximum atomic E-state index is 12.9. The van der Waals surface area contributed by atoms with Gasteiger partial charge in [0.05, 0.1) is 42.7 Å². The fraction of sp³-hybridized carbons (Fsp3) is 0.333. The molecule has 1 N–H and O–H groups in total. The molecule has 130 valence electrons. The number of carbonyl (C=O) groups is 1. The first-order chi connectivity index (χ1) is 12.2. The molecule has 0 saturated carbocycles. The molecule has 1 aliphatic heterocycles. The first-order valence-electron chi connectivity index (χ1n) is 8.24. The van der Waals surface area contributed by atoms with Crippen molar-refractivity contribution < 1.29 is 9.21 Å². The van der Waals surface area contributed by atoms with Crippen LogP contribution in [0.4, 0.5) is 0 Å². The van der Waals surface area contributed by atoms with Crippen molar-refractivity contribution in [2.75, 3.05) is 6.54 Å². The highest BCUT2D eigenvalue weighted by molar-refractivity contribution is 7.09. The highest BCUT2D eigenvalue weighted by Gasteiger charge is 2.33. The van der Waals surface area contributed by atoms with Crippen molar-refractivity contribution >= 4 is 17.2 Å². The van der Waals surface area contributed by atoms with Crippen LogP contribution in [0.25, 0.3) is 0 Å². The number of thiophene rings is 1. The number of aromatic nitrogens is 2. The first kappa shape index (κ1) is 16.1. The molecule has 0 unspecified atom stereocenters. The Hall–Kier alpha value is -2.38. The molecule has 4 heterocycles. The van der Waals surface area contributed by atoms with Gasteiger partial charge in [-0.1, -0.05) is 6.07 Å². The molecule has 25 heavy (non-hydrogen) atoms. The lowest BCUT2D eigenvalue weighted by Gasteiger charge is -2.31. The molecule has 0 bridgehead atoms. The third-order valence-corrected chi connectivity index (χ3v) is 5.40. The molecule has 7 heteroatoms. The van der Waals surface area contributed by atoms with E-state index in [0.29, 0.717) is 13.1 Å². The summed E-state index contributed by atoms with van der Waals surface area (Å²) in [5, 5.41) is 5.10. The van der Waals surface area contributed by atoms with E-state index in [2.05, 4.69) is 15.2 Å². The predicted octanol–water partition coefficient (Wildman–Crippen LogP) is 2.49. The largest absolute Gasteiger partial charge is 0.472 e. The minimum Gasteiger partial charge on any atom is -0.472 e. The molecule has 3 aromatic heterocycles. The zero-order chi connectivity index (χ0) is 17.2. The van der Waals surface area contributed by atoms with Crippen molar-refractivity contribution in [3.8, 4) is 0 Å². The topological polar surface area (TPSA) is 63.3 Å². The van der Waals surface area contributed by atoms with Gasteiger partial charge in [-0.3, -0.25) is 9.69 Å². The zero-order valence-electron chi connectivity index (χ0n) is 14.0. The predicted molar refractivity (Wildman–Crippen MR) is 94.9 cm³/mol. The quantitative estimate of drug-likeness (QED) is 0.763. The van der Waals surface area contributed by atoms with Gasteiger partial charge in [-0.2, -0.15) is 0 Å². The fourth-order valence-corrected chi connectivity index (χ4v) is 4.00. The molecule has 0 spiro atoms. The van der Waals surface area contributed by atoms with Crippen molar-refractivity contribution in [3.05, 3.63) is 64.3 Å². The number of nitrogens with zero attached hydrogens (tertiary/aromatic N) is 3. The van der Waals surface area contributed by atoms with Crippen LogP contribution >= 0.6 is 11.3 Å². The lowest BCUT2D eigenvalue weighted by Crippen LogP contribution is -2.41. The number of nitrogens with one attached hydrogen (secondary N) is 1. The summed E-state index contributed by atoms with van der Waals surface area (Å²) >= 11 is 1.65. The minimum atomic E-state index is -0.219. The summed E-state index contributed by atoms with van der Waals surface area (Å²) < 4.78 is 7.13. The number of furan rings is 1. The summed E-state index contributed by atoms with van der Waals surface area (Å²) in [4.78, 5) is 20.8. The molecule has 0 aliphatic carbocycles. The van der Waals surface area contributed by atoms with Crippen molar-refractivity contribution in [1.82, 2.24) is 19.8 Å². The molecular formula is C18H20N4O2S. The van der Waals surface area contributed by atoms with Gasteiger partial charge in [0.2, 0.25) is 5.91 Å². The SMILES string of the molecule is Cn1cnc2c1[C@@H](C(=O)NCc1cccs1)CN(Cc1ccoc1)C2. The third kappa shape index (κ3) is 3.38.